The quantitative estimate of drug-likeness (QED) is 0.719. The second-order valence-corrected chi connectivity index (χ2v) is 11.4. The van der Waals surface area contributed by atoms with Gasteiger partial charge in [0, 0.05) is 44.9 Å². The van der Waals surface area contributed by atoms with E-state index in [1.165, 1.54) is 25.4 Å². The molecule has 2 amide bonds. The van der Waals surface area contributed by atoms with Gasteiger partial charge in [-0.25, -0.2) is 22.5 Å². The summed E-state index contributed by atoms with van der Waals surface area (Å²) >= 11 is 1.32. The number of piperidine rings is 1. The van der Waals surface area contributed by atoms with Crippen LogP contribution >= 0.6 is 11.3 Å². The third kappa shape index (κ3) is 7.23. The molecular weight excluding hydrogens is 416 g/mol. The van der Waals surface area contributed by atoms with Crippen LogP contribution < -0.4 is 5.32 Å². The average molecular weight is 447 g/mol. The number of carbonyl (C=O) groups is 2. The largest absolute Gasteiger partial charge is 0.444 e. The van der Waals surface area contributed by atoms with Crippen LogP contribution in [0.25, 0.3) is 0 Å². The zero-order valence-corrected chi connectivity index (χ0v) is 19.2. The minimum Gasteiger partial charge on any atom is -0.444 e. The third-order valence-electron chi connectivity index (χ3n) is 4.48. The van der Waals surface area contributed by atoms with Gasteiger partial charge in [0.25, 0.3) is 0 Å². The van der Waals surface area contributed by atoms with Crippen molar-refractivity contribution in [3.05, 3.63) is 11.1 Å². The number of aromatic nitrogens is 1. The Kier molecular flexibility index (Phi) is 7.63. The van der Waals surface area contributed by atoms with E-state index in [9.17, 15) is 18.0 Å². The summed E-state index contributed by atoms with van der Waals surface area (Å²) < 4.78 is 30.0. The molecule has 0 atom stereocenters. The Morgan fingerprint density at radius 3 is 2.48 bits per heavy atom. The van der Waals surface area contributed by atoms with E-state index in [0.717, 1.165) is 22.8 Å². The minimum absolute atomic E-state index is 0.121. The van der Waals surface area contributed by atoms with Gasteiger partial charge < -0.3 is 15.0 Å². The van der Waals surface area contributed by atoms with Gasteiger partial charge in [0.2, 0.25) is 15.9 Å². The molecule has 0 unspecified atom stereocenters. The zero-order valence-electron chi connectivity index (χ0n) is 17.6. The molecule has 9 nitrogen and oxygen atoms in total. The summed E-state index contributed by atoms with van der Waals surface area (Å²) in [6, 6.07) is 0. The van der Waals surface area contributed by atoms with Gasteiger partial charge in [-0.1, -0.05) is 0 Å². The fourth-order valence-corrected chi connectivity index (χ4v) is 4.42. The smallest absolute Gasteiger partial charge is 0.410 e. The molecule has 1 N–H and O–H groups in total. The van der Waals surface area contributed by atoms with Crippen molar-refractivity contribution in [1.29, 1.82) is 0 Å². The van der Waals surface area contributed by atoms with Crippen LogP contribution in [0.3, 0.4) is 0 Å². The lowest BCUT2D eigenvalue weighted by molar-refractivity contribution is -0.115. The van der Waals surface area contributed by atoms with E-state index in [-0.39, 0.29) is 30.1 Å². The topological polar surface area (TPSA) is 109 Å². The van der Waals surface area contributed by atoms with E-state index in [1.807, 2.05) is 26.2 Å². The molecule has 1 aromatic rings. The van der Waals surface area contributed by atoms with Gasteiger partial charge in [0.05, 0.1) is 11.4 Å². The van der Waals surface area contributed by atoms with Crippen molar-refractivity contribution in [3.8, 4) is 0 Å². The van der Waals surface area contributed by atoms with Crippen LogP contribution in [-0.4, -0.2) is 73.1 Å². The van der Waals surface area contributed by atoms with E-state index < -0.39 is 15.6 Å². The number of anilines is 1. The SMILES string of the molecule is CN(C)S(=O)(=O)CCC(=O)Nc1nc(C2CCN(C(=O)OC(C)(C)C)CC2)cs1. The van der Waals surface area contributed by atoms with Crippen LogP contribution in [0.15, 0.2) is 5.38 Å². The monoisotopic (exact) mass is 446 g/mol. The number of hydrogen-bond acceptors (Lipinski definition) is 7. The van der Waals surface area contributed by atoms with Gasteiger partial charge in [-0.05, 0) is 33.6 Å². The maximum atomic E-state index is 12.2. The Hall–Kier alpha value is -1.72. The number of sulfonamides is 1. The van der Waals surface area contributed by atoms with Crippen molar-refractivity contribution in [2.24, 2.45) is 0 Å². The molecule has 2 heterocycles. The fraction of sp³-hybridized carbons (Fsp3) is 0.722. The molecule has 0 aromatic carbocycles. The lowest BCUT2D eigenvalue weighted by Crippen LogP contribution is -2.41. The molecule has 1 fully saturated rings. The third-order valence-corrected chi connectivity index (χ3v) is 7.09. The number of likely N-dealkylation sites (tertiary alicyclic amines) is 1. The lowest BCUT2D eigenvalue weighted by Gasteiger charge is -2.32. The maximum absolute atomic E-state index is 12.2. The molecule has 11 heteroatoms. The van der Waals surface area contributed by atoms with E-state index >= 15 is 0 Å². The number of rotatable bonds is 6. The second kappa shape index (κ2) is 9.40. The van der Waals surface area contributed by atoms with E-state index in [1.54, 1.807) is 4.90 Å². The number of carbonyl (C=O) groups excluding carboxylic acids is 2. The first-order valence-corrected chi connectivity index (χ1v) is 12.0. The van der Waals surface area contributed by atoms with Crippen LogP contribution in [0.4, 0.5) is 9.93 Å². The minimum atomic E-state index is -3.41. The van der Waals surface area contributed by atoms with Crippen molar-refractivity contribution in [1.82, 2.24) is 14.2 Å². The van der Waals surface area contributed by atoms with Crippen molar-refractivity contribution in [2.45, 2.75) is 51.6 Å². The summed E-state index contributed by atoms with van der Waals surface area (Å²) in [5.74, 6) is -0.409. The molecule has 1 aliphatic heterocycles. The molecule has 0 radical (unpaired) electrons. The predicted molar refractivity (Wildman–Crippen MR) is 113 cm³/mol. The Morgan fingerprint density at radius 2 is 1.93 bits per heavy atom. The van der Waals surface area contributed by atoms with Crippen molar-refractivity contribution < 1.29 is 22.7 Å². The van der Waals surface area contributed by atoms with Crippen molar-refractivity contribution >= 4 is 38.5 Å². The van der Waals surface area contributed by atoms with Gasteiger partial charge in [-0.15, -0.1) is 11.3 Å². The Labute approximate surface area is 176 Å². The molecule has 0 aliphatic carbocycles. The number of hydrogen-bond donors (Lipinski definition) is 1. The Balaban J connectivity index is 1.83. The number of nitrogens with one attached hydrogen (secondary N) is 1. The molecule has 1 aliphatic rings. The normalized spacial score (nSPS) is 16.1. The first-order valence-electron chi connectivity index (χ1n) is 9.51. The van der Waals surface area contributed by atoms with Crippen LogP contribution in [0.5, 0.6) is 0 Å². The van der Waals surface area contributed by atoms with E-state index in [2.05, 4.69) is 10.3 Å². The molecule has 2 rings (SSSR count). The van der Waals surface area contributed by atoms with Crippen LogP contribution in [-0.2, 0) is 19.6 Å². The summed E-state index contributed by atoms with van der Waals surface area (Å²) in [6.07, 6.45) is 1.13. The molecule has 1 saturated heterocycles. The Morgan fingerprint density at radius 1 is 1.31 bits per heavy atom. The average Bonchev–Trinajstić information content (AvgIpc) is 3.07. The predicted octanol–water partition coefficient (Wildman–Crippen LogP) is 2.48. The lowest BCUT2D eigenvalue weighted by atomic mass is 9.94. The summed E-state index contributed by atoms with van der Waals surface area (Å²) in [5.41, 5.74) is 0.372. The van der Waals surface area contributed by atoms with Gasteiger partial charge in [0.1, 0.15) is 5.60 Å². The highest BCUT2D eigenvalue weighted by Gasteiger charge is 2.28. The molecule has 164 valence electrons. The van der Waals surface area contributed by atoms with Gasteiger partial charge in [0.15, 0.2) is 5.13 Å². The number of nitrogens with zero attached hydrogens (tertiary/aromatic N) is 3. The summed E-state index contributed by atoms with van der Waals surface area (Å²) in [6.45, 7) is 6.73. The molecule has 0 bridgehead atoms. The fourth-order valence-electron chi connectivity index (χ4n) is 2.80. The second-order valence-electron chi connectivity index (χ2n) is 8.22. The standard InChI is InChI=1S/C18H30N4O5S2/c1-18(2,3)27-17(24)22-9-6-13(7-10-22)14-12-28-16(19-14)20-15(23)8-11-29(25,26)21(4)5/h12-13H,6-11H2,1-5H3,(H,19,20,23). The highest BCUT2D eigenvalue weighted by Crippen LogP contribution is 2.31. The molecule has 29 heavy (non-hydrogen) atoms. The molecule has 0 spiro atoms. The first kappa shape index (κ1) is 23.6. The van der Waals surface area contributed by atoms with Crippen LogP contribution in [0, 0.1) is 0 Å². The van der Waals surface area contributed by atoms with Crippen molar-refractivity contribution in [2.75, 3.05) is 38.3 Å². The zero-order chi connectivity index (χ0) is 21.8. The molecule has 1 aromatic heterocycles. The highest BCUT2D eigenvalue weighted by molar-refractivity contribution is 7.89. The molecule has 0 saturated carbocycles. The van der Waals surface area contributed by atoms with E-state index in [0.29, 0.717) is 18.2 Å². The first-order chi connectivity index (χ1) is 13.4. The maximum Gasteiger partial charge on any atom is 0.410 e. The number of ether oxygens (including phenoxy) is 1. The van der Waals surface area contributed by atoms with Gasteiger partial charge in [-0.2, -0.15) is 0 Å². The number of thiazole rings is 1. The van der Waals surface area contributed by atoms with Crippen LogP contribution in [0.1, 0.15) is 51.6 Å². The highest BCUT2D eigenvalue weighted by atomic mass is 32.2. The summed E-state index contributed by atoms with van der Waals surface area (Å²) in [4.78, 5) is 30.4. The number of amides is 2. The van der Waals surface area contributed by atoms with E-state index in [4.69, 9.17) is 4.74 Å². The Bertz CT molecular complexity index is 822. The molecular formula is C18H30N4O5S2. The van der Waals surface area contributed by atoms with Gasteiger partial charge >= 0.3 is 6.09 Å². The van der Waals surface area contributed by atoms with Crippen LogP contribution in [0.2, 0.25) is 0 Å². The van der Waals surface area contributed by atoms with Gasteiger partial charge in [-0.3, -0.25) is 4.79 Å². The summed E-state index contributed by atoms with van der Waals surface area (Å²) in [7, 11) is -0.530. The summed E-state index contributed by atoms with van der Waals surface area (Å²) in [5, 5.41) is 5.03. The van der Waals surface area contributed by atoms with Crippen molar-refractivity contribution in [3.63, 3.8) is 0 Å².